The van der Waals surface area contributed by atoms with Crippen LogP contribution >= 0.6 is 0 Å². The highest BCUT2D eigenvalue weighted by Crippen LogP contribution is 2.16. The van der Waals surface area contributed by atoms with Gasteiger partial charge in [-0.3, -0.25) is 4.79 Å². The minimum absolute atomic E-state index is 0.103. The Bertz CT molecular complexity index is 753. The minimum atomic E-state index is -0.937. The van der Waals surface area contributed by atoms with Crippen molar-refractivity contribution in [3.8, 4) is 5.75 Å². The first kappa shape index (κ1) is 20.5. The van der Waals surface area contributed by atoms with Gasteiger partial charge < -0.3 is 14.8 Å². The number of esters is 1. The maximum atomic E-state index is 12.3. The van der Waals surface area contributed by atoms with Gasteiger partial charge in [0.05, 0.1) is 18.4 Å². The summed E-state index contributed by atoms with van der Waals surface area (Å²) in [4.78, 5) is 24.6. The summed E-state index contributed by atoms with van der Waals surface area (Å²) in [6.45, 7) is 8.19. The van der Waals surface area contributed by atoms with Gasteiger partial charge in [0.25, 0.3) is 5.91 Å². The van der Waals surface area contributed by atoms with Crippen molar-refractivity contribution < 1.29 is 19.1 Å². The molecule has 7 heteroatoms. The second-order valence-corrected chi connectivity index (χ2v) is 6.52. The van der Waals surface area contributed by atoms with Gasteiger partial charge in [0.1, 0.15) is 11.6 Å². The molecule has 7 nitrogen and oxygen atoms in total. The molecule has 1 amide bonds. The maximum Gasteiger partial charge on any atom is 0.338 e. The third kappa shape index (κ3) is 5.84. The monoisotopic (exact) mass is 373 g/mol. The number of nitrogens with zero attached hydrogens (tertiary/aromatic N) is 2. The second kappa shape index (κ2) is 9.75. The van der Waals surface area contributed by atoms with Crippen LogP contribution in [0, 0.1) is 0 Å². The Morgan fingerprint density at radius 1 is 1.15 bits per heavy atom. The van der Waals surface area contributed by atoms with E-state index in [0.29, 0.717) is 23.7 Å². The normalized spacial score (nSPS) is 11.9. The minimum Gasteiger partial charge on any atom is -0.494 e. The summed E-state index contributed by atoms with van der Waals surface area (Å²) in [7, 11) is 0. The Kier molecular flexibility index (Phi) is 7.40. The number of nitrogens with one attached hydrogen (secondary N) is 1. The number of hydrogen-bond acceptors (Lipinski definition) is 5. The van der Waals surface area contributed by atoms with Crippen molar-refractivity contribution >= 4 is 17.7 Å². The van der Waals surface area contributed by atoms with Gasteiger partial charge in [-0.05, 0) is 51.5 Å². The third-order valence-electron chi connectivity index (χ3n) is 3.92. The van der Waals surface area contributed by atoms with Crippen molar-refractivity contribution in [1.82, 2.24) is 9.78 Å². The van der Waals surface area contributed by atoms with Gasteiger partial charge in [0.2, 0.25) is 0 Å². The molecule has 1 N–H and O–H groups in total. The van der Waals surface area contributed by atoms with E-state index >= 15 is 0 Å². The van der Waals surface area contributed by atoms with E-state index in [0.717, 1.165) is 12.8 Å². The molecule has 0 aliphatic rings. The van der Waals surface area contributed by atoms with E-state index < -0.39 is 18.0 Å². The van der Waals surface area contributed by atoms with Gasteiger partial charge >= 0.3 is 5.97 Å². The molecule has 1 aromatic heterocycles. The zero-order chi connectivity index (χ0) is 19.8. The number of rotatable bonds is 9. The first-order chi connectivity index (χ1) is 12.9. The van der Waals surface area contributed by atoms with Crippen molar-refractivity contribution in [2.24, 2.45) is 0 Å². The lowest BCUT2D eigenvalue weighted by molar-refractivity contribution is -0.123. The van der Waals surface area contributed by atoms with Crippen LogP contribution in [0.4, 0.5) is 5.82 Å². The van der Waals surface area contributed by atoms with Crippen LogP contribution in [0.15, 0.2) is 36.5 Å². The maximum absolute atomic E-state index is 12.3. The molecule has 2 aromatic rings. The summed E-state index contributed by atoms with van der Waals surface area (Å²) in [5.74, 6) is 0.291. The predicted octanol–water partition coefficient (Wildman–Crippen LogP) is 3.83. The van der Waals surface area contributed by atoms with Crippen molar-refractivity contribution in [2.75, 3.05) is 11.9 Å². The topological polar surface area (TPSA) is 82.4 Å². The molecule has 2 rings (SSSR count). The van der Waals surface area contributed by atoms with Gasteiger partial charge in [0, 0.05) is 12.1 Å². The summed E-state index contributed by atoms with van der Waals surface area (Å²) in [6, 6.07) is 8.50. The summed E-state index contributed by atoms with van der Waals surface area (Å²) < 4.78 is 12.5. The van der Waals surface area contributed by atoms with E-state index in [9.17, 15) is 9.59 Å². The van der Waals surface area contributed by atoms with Crippen LogP contribution in [0.2, 0.25) is 0 Å². The molecule has 1 heterocycles. The smallest absolute Gasteiger partial charge is 0.338 e. The van der Waals surface area contributed by atoms with Crippen molar-refractivity contribution in [2.45, 2.75) is 52.7 Å². The number of benzene rings is 1. The molecule has 0 spiro atoms. The molecule has 0 fully saturated rings. The van der Waals surface area contributed by atoms with Gasteiger partial charge in [-0.2, -0.15) is 5.10 Å². The number of aromatic nitrogens is 2. The van der Waals surface area contributed by atoms with Crippen molar-refractivity contribution in [3.63, 3.8) is 0 Å². The van der Waals surface area contributed by atoms with Crippen LogP contribution in [-0.2, 0) is 9.53 Å². The van der Waals surface area contributed by atoms with Crippen molar-refractivity contribution in [3.05, 3.63) is 42.1 Å². The lowest BCUT2D eigenvalue weighted by atomic mass is 10.2. The molecule has 0 aliphatic heterocycles. The summed E-state index contributed by atoms with van der Waals surface area (Å²) >= 11 is 0. The van der Waals surface area contributed by atoms with Crippen LogP contribution < -0.4 is 10.1 Å². The quantitative estimate of drug-likeness (QED) is 0.534. The molecular weight excluding hydrogens is 346 g/mol. The largest absolute Gasteiger partial charge is 0.494 e. The molecule has 0 unspecified atom stereocenters. The van der Waals surface area contributed by atoms with E-state index in [2.05, 4.69) is 17.3 Å². The molecule has 1 atom stereocenters. The number of amides is 1. The van der Waals surface area contributed by atoms with E-state index in [1.165, 1.54) is 6.92 Å². The fourth-order valence-corrected chi connectivity index (χ4v) is 2.36. The van der Waals surface area contributed by atoms with Gasteiger partial charge in [-0.25, -0.2) is 9.48 Å². The highest BCUT2D eigenvalue weighted by atomic mass is 16.5. The number of carbonyl (C=O) groups excluding carboxylic acids is 2. The van der Waals surface area contributed by atoms with E-state index in [4.69, 9.17) is 9.47 Å². The zero-order valence-electron chi connectivity index (χ0n) is 16.3. The van der Waals surface area contributed by atoms with E-state index in [-0.39, 0.29) is 6.04 Å². The SMILES string of the molecule is CCCCOc1ccc(C(=O)O[C@H](C)C(=O)Nc2ccnn2C(C)C)cc1. The first-order valence-corrected chi connectivity index (χ1v) is 9.20. The fraction of sp³-hybridized carbons (Fsp3) is 0.450. The number of ether oxygens (including phenoxy) is 2. The first-order valence-electron chi connectivity index (χ1n) is 9.20. The average molecular weight is 373 g/mol. The fourth-order valence-electron chi connectivity index (χ4n) is 2.36. The number of unbranched alkanes of at least 4 members (excludes halogenated alkanes) is 1. The van der Waals surface area contributed by atoms with Crippen LogP contribution in [0.5, 0.6) is 5.75 Å². The molecule has 0 bridgehead atoms. The molecular formula is C20H27N3O4. The van der Waals surface area contributed by atoms with E-state index in [1.807, 2.05) is 13.8 Å². The molecule has 146 valence electrons. The molecule has 1 aromatic carbocycles. The van der Waals surface area contributed by atoms with E-state index in [1.54, 1.807) is 41.2 Å². The molecule has 0 saturated heterocycles. The van der Waals surface area contributed by atoms with Crippen LogP contribution in [0.1, 0.15) is 56.9 Å². The Morgan fingerprint density at radius 2 is 1.85 bits per heavy atom. The highest BCUT2D eigenvalue weighted by Gasteiger charge is 2.20. The van der Waals surface area contributed by atoms with Crippen LogP contribution in [-0.4, -0.2) is 34.4 Å². The lowest BCUT2D eigenvalue weighted by Gasteiger charge is -2.16. The molecule has 0 aliphatic carbocycles. The van der Waals surface area contributed by atoms with Crippen molar-refractivity contribution in [1.29, 1.82) is 0 Å². The number of carbonyl (C=O) groups is 2. The average Bonchev–Trinajstić information content (AvgIpc) is 3.10. The lowest BCUT2D eigenvalue weighted by Crippen LogP contribution is -2.31. The molecule has 0 radical (unpaired) electrons. The number of anilines is 1. The zero-order valence-corrected chi connectivity index (χ0v) is 16.3. The summed E-state index contributed by atoms with van der Waals surface area (Å²) in [5, 5.41) is 6.88. The standard InChI is InChI=1S/C20H27N3O4/c1-5-6-13-26-17-9-7-16(8-10-17)20(25)27-15(4)19(24)22-18-11-12-21-23(18)14(2)3/h7-12,14-15H,5-6,13H2,1-4H3,(H,22,24)/t15-/m1/s1. The Morgan fingerprint density at radius 3 is 2.48 bits per heavy atom. The van der Waals surface area contributed by atoms with Gasteiger partial charge in [-0.1, -0.05) is 13.3 Å². The third-order valence-corrected chi connectivity index (χ3v) is 3.92. The van der Waals surface area contributed by atoms with Gasteiger partial charge in [-0.15, -0.1) is 0 Å². The second-order valence-electron chi connectivity index (χ2n) is 6.52. The number of hydrogen-bond donors (Lipinski definition) is 1. The summed E-state index contributed by atoms with van der Waals surface area (Å²) in [5.41, 5.74) is 0.365. The summed E-state index contributed by atoms with van der Waals surface area (Å²) in [6.07, 6.45) is 2.71. The molecule has 27 heavy (non-hydrogen) atoms. The Hall–Kier alpha value is -2.83. The van der Waals surface area contributed by atoms with Gasteiger partial charge in [0.15, 0.2) is 6.10 Å². The predicted molar refractivity (Wildman–Crippen MR) is 103 cm³/mol. The Balaban J connectivity index is 1.90. The van der Waals surface area contributed by atoms with Crippen LogP contribution in [0.25, 0.3) is 0 Å². The van der Waals surface area contributed by atoms with Crippen LogP contribution in [0.3, 0.4) is 0 Å². The highest BCUT2D eigenvalue weighted by molar-refractivity contribution is 5.96. The molecule has 0 saturated carbocycles. The Labute approximate surface area is 159 Å².